The molecule has 2 amide bonds. The summed E-state index contributed by atoms with van der Waals surface area (Å²) >= 11 is 6.21. The zero-order chi connectivity index (χ0) is 21.5. The maximum absolute atomic E-state index is 12.4. The highest BCUT2D eigenvalue weighted by Crippen LogP contribution is 2.18. The van der Waals surface area contributed by atoms with Crippen molar-refractivity contribution in [1.29, 1.82) is 0 Å². The smallest absolute Gasteiger partial charge is 0.239 e. The number of rotatable bonds is 8. The molecule has 1 aromatic carbocycles. The van der Waals surface area contributed by atoms with Crippen molar-refractivity contribution < 1.29 is 9.59 Å². The van der Waals surface area contributed by atoms with Crippen LogP contribution in [0.25, 0.3) is 0 Å². The number of nitrogens with one attached hydrogen (secondary N) is 2. The van der Waals surface area contributed by atoms with Crippen molar-refractivity contribution in [3.63, 3.8) is 0 Å². The van der Waals surface area contributed by atoms with Gasteiger partial charge < -0.3 is 10.6 Å². The number of aryl methyl sites for hydroxylation is 1. The molecule has 30 heavy (non-hydrogen) atoms. The molecular weight excluding hydrogens is 404 g/mol. The Kier molecular flexibility index (Phi) is 7.16. The van der Waals surface area contributed by atoms with Crippen LogP contribution in [0.15, 0.2) is 54.7 Å². The van der Waals surface area contributed by atoms with Gasteiger partial charge in [-0.2, -0.15) is 5.10 Å². The number of amides is 2. The van der Waals surface area contributed by atoms with Crippen LogP contribution in [0.4, 0.5) is 11.6 Å². The van der Waals surface area contributed by atoms with Gasteiger partial charge in [0, 0.05) is 16.8 Å². The zero-order valence-electron chi connectivity index (χ0n) is 16.8. The minimum atomic E-state index is -0.250. The molecular formula is C21H23ClN6O2. The lowest BCUT2D eigenvalue weighted by atomic mass is 10.2. The fraction of sp³-hybridized carbons (Fsp3) is 0.238. The summed E-state index contributed by atoms with van der Waals surface area (Å²) in [5, 5.41) is 10.4. The van der Waals surface area contributed by atoms with Gasteiger partial charge in [0.1, 0.15) is 11.6 Å². The average molecular weight is 427 g/mol. The molecule has 0 spiro atoms. The minimum Gasteiger partial charge on any atom is -0.310 e. The largest absolute Gasteiger partial charge is 0.310 e. The Hall–Kier alpha value is -3.23. The Morgan fingerprint density at radius 3 is 2.50 bits per heavy atom. The highest BCUT2D eigenvalue weighted by molar-refractivity contribution is 6.31. The molecule has 0 saturated carbocycles. The number of anilines is 2. The molecule has 2 aromatic heterocycles. The fourth-order valence-corrected chi connectivity index (χ4v) is 3.07. The summed E-state index contributed by atoms with van der Waals surface area (Å²) in [5.41, 5.74) is 1.71. The lowest BCUT2D eigenvalue weighted by molar-refractivity contribution is -0.119. The Bertz CT molecular complexity index is 1040. The zero-order valence-corrected chi connectivity index (χ0v) is 17.6. The number of halogens is 1. The molecule has 2 heterocycles. The van der Waals surface area contributed by atoms with E-state index < -0.39 is 0 Å². The van der Waals surface area contributed by atoms with Crippen molar-refractivity contribution in [2.45, 2.75) is 13.5 Å². The van der Waals surface area contributed by atoms with Crippen LogP contribution in [0.2, 0.25) is 5.02 Å². The maximum atomic E-state index is 12.4. The molecule has 8 nitrogen and oxygen atoms in total. The SMILES string of the molecule is Cc1cccc(NC(=O)CN(C)CC(=O)Nc2ccnn2Cc2ccccc2Cl)n1. The second-order valence-corrected chi connectivity index (χ2v) is 7.31. The van der Waals surface area contributed by atoms with Crippen LogP contribution >= 0.6 is 11.6 Å². The summed E-state index contributed by atoms with van der Waals surface area (Å²) in [5.74, 6) is 0.551. The third kappa shape index (κ3) is 6.13. The first-order valence-electron chi connectivity index (χ1n) is 9.38. The molecule has 0 radical (unpaired) electrons. The molecule has 0 atom stereocenters. The maximum Gasteiger partial charge on any atom is 0.239 e. The van der Waals surface area contributed by atoms with E-state index in [9.17, 15) is 9.59 Å². The standard InChI is InChI=1S/C21H23ClN6O2/c1-15-6-5-9-18(24-15)25-20(29)13-27(2)14-21(30)26-19-10-11-23-28(19)12-16-7-3-4-8-17(16)22/h3-11H,12-14H2,1-2H3,(H,26,30)(H,24,25,29). The summed E-state index contributed by atoms with van der Waals surface area (Å²) in [7, 11) is 1.70. The molecule has 0 aliphatic carbocycles. The van der Waals surface area contributed by atoms with Crippen LogP contribution in [0, 0.1) is 6.92 Å². The Labute approximate surface area is 179 Å². The monoisotopic (exact) mass is 426 g/mol. The molecule has 0 fully saturated rings. The Morgan fingerprint density at radius 1 is 1.03 bits per heavy atom. The van der Waals surface area contributed by atoms with Crippen molar-refractivity contribution in [3.8, 4) is 0 Å². The lowest BCUT2D eigenvalue weighted by Gasteiger charge is -2.16. The van der Waals surface area contributed by atoms with E-state index in [4.69, 9.17) is 11.6 Å². The average Bonchev–Trinajstić information content (AvgIpc) is 3.09. The molecule has 0 aliphatic rings. The summed E-state index contributed by atoms with van der Waals surface area (Å²) in [6, 6.07) is 14.6. The van der Waals surface area contributed by atoms with Crippen molar-refractivity contribution >= 4 is 35.1 Å². The molecule has 2 N–H and O–H groups in total. The number of hydrogen-bond donors (Lipinski definition) is 2. The molecule has 0 aliphatic heterocycles. The summed E-state index contributed by atoms with van der Waals surface area (Å²) in [6.07, 6.45) is 1.61. The first-order valence-corrected chi connectivity index (χ1v) is 9.75. The summed E-state index contributed by atoms with van der Waals surface area (Å²) < 4.78 is 1.66. The topological polar surface area (TPSA) is 92.2 Å². The van der Waals surface area contributed by atoms with E-state index in [0.717, 1.165) is 11.3 Å². The summed E-state index contributed by atoms with van der Waals surface area (Å²) in [6.45, 7) is 2.39. The van der Waals surface area contributed by atoms with E-state index in [0.29, 0.717) is 23.2 Å². The molecule has 3 rings (SSSR count). The van der Waals surface area contributed by atoms with Gasteiger partial charge in [0.2, 0.25) is 11.8 Å². The van der Waals surface area contributed by atoms with E-state index >= 15 is 0 Å². The van der Waals surface area contributed by atoms with Crippen LogP contribution in [-0.4, -0.2) is 51.6 Å². The molecule has 156 valence electrons. The second kappa shape index (κ2) is 10.00. The number of aromatic nitrogens is 3. The minimum absolute atomic E-state index is 0.0476. The van der Waals surface area contributed by atoms with Gasteiger partial charge in [-0.15, -0.1) is 0 Å². The van der Waals surface area contributed by atoms with Gasteiger partial charge in [-0.1, -0.05) is 35.9 Å². The van der Waals surface area contributed by atoms with Gasteiger partial charge in [0.15, 0.2) is 0 Å². The van der Waals surface area contributed by atoms with E-state index in [1.165, 1.54) is 0 Å². The number of pyridine rings is 1. The van der Waals surface area contributed by atoms with Gasteiger partial charge in [0.25, 0.3) is 0 Å². The van der Waals surface area contributed by atoms with Crippen LogP contribution in [0.3, 0.4) is 0 Å². The van der Waals surface area contributed by atoms with Crippen molar-refractivity contribution in [2.75, 3.05) is 30.8 Å². The first-order chi connectivity index (χ1) is 14.4. The van der Waals surface area contributed by atoms with Gasteiger partial charge in [-0.05, 0) is 37.7 Å². The third-order valence-corrected chi connectivity index (χ3v) is 4.61. The molecule has 3 aromatic rings. The van der Waals surface area contributed by atoms with Gasteiger partial charge in [0.05, 0.1) is 25.8 Å². The quantitative estimate of drug-likeness (QED) is 0.577. The normalized spacial score (nSPS) is 10.8. The number of carbonyl (C=O) groups is 2. The molecule has 9 heteroatoms. The van der Waals surface area contributed by atoms with E-state index in [1.54, 1.807) is 35.0 Å². The van der Waals surface area contributed by atoms with E-state index in [-0.39, 0.29) is 24.9 Å². The number of nitrogens with zero attached hydrogens (tertiary/aromatic N) is 4. The number of hydrogen-bond acceptors (Lipinski definition) is 5. The highest BCUT2D eigenvalue weighted by atomic mass is 35.5. The first kappa shape index (κ1) is 21.5. The molecule has 0 unspecified atom stereocenters. The Balaban J connectivity index is 1.51. The highest BCUT2D eigenvalue weighted by Gasteiger charge is 2.14. The van der Waals surface area contributed by atoms with Crippen molar-refractivity contribution in [3.05, 3.63) is 71.0 Å². The van der Waals surface area contributed by atoms with E-state index in [2.05, 4.69) is 20.7 Å². The van der Waals surface area contributed by atoms with Crippen molar-refractivity contribution in [1.82, 2.24) is 19.7 Å². The predicted molar refractivity (Wildman–Crippen MR) is 117 cm³/mol. The Morgan fingerprint density at radius 2 is 1.77 bits per heavy atom. The van der Waals surface area contributed by atoms with Gasteiger partial charge in [-0.3, -0.25) is 14.5 Å². The molecule has 0 bridgehead atoms. The molecule has 0 saturated heterocycles. The van der Waals surface area contributed by atoms with Crippen LogP contribution < -0.4 is 10.6 Å². The number of carbonyl (C=O) groups excluding carboxylic acids is 2. The number of likely N-dealkylation sites (N-methyl/N-ethyl adjacent to an activating group) is 1. The predicted octanol–water partition coefficient (Wildman–Crippen LogP) is 2.80. The fourth-order valence-electron chi connectivity index (χ4n) is 2.88. The third-order valence-electron chi connectivity index (χ3n) is 4.24. The van der Waals surface area contributed by atoms with E-state index in [1.807, 2.05) is 43.3 Å². The lowest BCUT2D eigenvalue weighted by Crippen LogP contribution is -2.36. The number of benzene rings is 1. The van der Waals surface area contributed by atoms with Crippen LogP contribution in [-0.2, 0) is 16.1 Å². The van der Waals surface area contributed by atoms with Crippen LogP contribution in [0.1, 0.15) is 11.3 Å². The second-order valence-electron chi connectivity index (χ2n) is 6.90. The van der Waals surface area contributed by atoms with Gasteiger partial charge >= 0.3 is 0 Å². The van der Waals surface area contributed by atoms with Crippen LogP contribution in [0.5, 0.6) is 0 Å². The summed E-state index contributed by atoms with van der Waals surface area (Å²) in [4.78, 5) is 30.4. The van der Waals surface area contributed by atoms with Gasteiger partial charge in [-0.25, -0.2) is 9.67 Å². The van der Waals surface area contributed by atoms with Crippen molar-refractivity contribution in [2.24, 2.45) is 0 Å².